The van der Waals surface area contributed by atoms with E-state index in [0.717, 1.165) is 23.6 Å². The molecule has 0 spiro atoms. The van der Waals surface area contributed by atoms with Crippen LogP contribution in [-0.2, 0) is 6.42 Å². The van der Waals surface area contributed by atoms with Gasteiger partial charge in [-0.3, -0.25) is 0 Å². The highest BCUT2D eigenvalue weighted by Crippen LogP contribution is 2.34. The first kappa shape index (κ1) is 11.6. The van der Waals surface area contributed by atoms with E-state index in [1.165, 1.54) is 16.7 Å². The van der Waals surface area contributed by atoms with Gasteiger partial charge < -0.3 is 5.32 Å². The Kier molecular flexibility index (Phi) is 3.00. The lowest BCUT2D eigenvalue weighted by molar-refractivity contribution is 0.762. The standard InChI is InChI=1S/C16H16ClN/c1-11-5-6-12-7-8-16(15(12)9-11)18-14-4-2-3-13(17)10-14/h2-6,9-10,16,18H,7-8H2,1H3. The molecule has 0 aromatic heterocycles. The molecule has 1 atom stereocenters. The van der Waals surface area contributed by atoms with Gasteiger partial charge >= 0.3 is 0 Å². The van der Waals surface area contributed by atoms with E-state index in [1.807, 2.05) is 18.2 Å². The number of halogens is 1. The van der Waals surface area contributed by atoms with Crippen LogP contribution in [0.25, 0.3) is 0 Å². The van der Waals surface area contributed by atoms with Gasteiger partial charge in [0, 0.05) is 10.7 Å². The molecule has 0 radical (unpaired) electrons. The molecule has 0 amide bonds. The van der Waals surface area contributed by atoms with Gasteiger partial charge in [0.05, 0.1) is 6.04 Å². The lowest BCUT2D eigenvalue weighted by atomic mass is 10.0. The van der Waals surface area contributed by atoms with E-state index in [-0.39, 0.29) is 0 Å². The van der Waals surface area contributed by atoms with Crippen LogP contribution in [0.15, 0.2) is 42.5 Å². The maximum absolute atomic E-state index is 6.02. The van der Waals surface area contributed by atoms with Crippen LogP contribution in [0.5, 0.6) is 0 Å². The molecule has 0 heterocycles. The Labute approximate surface area is 113 Å². The third kappa shape index (κ3) is 2.23. The molecule has 18 heavy (non-hydrogen) atoms. The van der Waals surface area contributed by atoms with Crippen molar-refractivity contribution in [2.24, 2.45) is 0 Å². The zero-order valence-electron chi connectivity index (χ0n) is 10.4. The molecule has 2 heteroatoms. The second-order valence-electron chi connectivity index (χ2n) is 4.95. The summed E-state index contributed by atoms with van der Waals surface area (Å²) < 4.78 is 0. The summed E-state index contributed by atoms with van der Waals surface area (Å²) in [6.07, 6.45) is 2.32. The molecule has 1 aliphatic rings. The van der Waals surface area contributed by atoms with Gasteiger partial charge in [0.25, 0.3) is 0 Å². The Hall–Kier alpha value is -1.47. The van der Waals surface area contributed by atoms with Gasteiger partial charge in [0.15, 0.2) is 0 Å². The molecule has 0 saturated heterocycles. The molecule has 2 aromatic carbocycles. The molecule has 0 fully saturated rings. The molecule has 1 unspecified atom stereocenters. The smallest absolute Gasteiger partial charge is 0.0519 e. The number of hydrogen-bond donors (Lipinski definition) is 1. The third-order valence-electron chi connectivity index (χ3n) is 3.54. The minimum atomic E-state index is 0.415. The van der Waals surface area contributed by atoms with E-state index >= 15 is 0 Å². The molecular formula is C16H16ClN. The van der Waals surface area contributed by atoms with Crippen molar-refractivity contribution in [3.05, 3.63) is 64.2 Å². The van der Waals surface area contributed by atoms with E-state index in [0.29, 0.717) is 6.04 Å². The number of nitrogens with one attached hydrogen (secondary N) is 1. The summed E-state index contributed by atoms with van der Waals surface area (Å²) >= 11 is 6.02. The van der Waals surface area contributed by atoms with Crippen molar-refractivity contribution in [1.29, 1.82) is 0 Å². The van der Waals surface area contributed by atoms with Gasteiger partial charge in [-0.1, -0.05) is 41.4 Å². The van der Waals surface area contributed by atoms with Crippen molar-refractivity contribution in [3.63, 3.8) is 0 Å². The van der Waals surface area contributed by atoms with Gasteiger partial charge in [-0.2, -0.15) is 0 Å². The number of anilines is 1. The molecule has 1 N–H and O–H groups in total. The summed E-state index contributed by atoms with van der Waals surface area (Å²) in [5.41, 5.74) is 5.34. The zero-order chi connectivity index (χ0) is 12.5. The van der Waals surface area contributed by atoms with Crippen LogP contribution in [0.3, 0.4) is 0 Å². The van der Waals surface area contributed by atoms with Crippen LogP contribution in [-0.4, -0.2) is 0 Å². The molecule has 0 saturated carbocycles. The summed E-state index contributed by atoms with van der Waals surface area (Å²) in [5.74, 6) is 0. The highest BCUT2D eigenvalue weighted by Gasteiger charge is 2.22. The van der Waals surface area contributed by atoms with E-state index in [2.05, 4.69) is 36.5 Å². The fourth-order valence-corrected chi connectivity index (χ4v) is 2.84. The van der Waals surface area contributed by atoms with Gasteiger partial charge in [0.1, 0.15) is 0 Å². The monoisotopic (exact) mass is 257 g/mol. The van der Waals surface area contributed by atoms with Crippen LogP contribution >= 0.6 is 11.6 Å². The maximum atomic E-state index is 6.02. The lowest BCUT2D eigenvalue weighted by Gasteiger charge is -2.16. The second kappa shape index (κ2) is 4.66. The lowest BCUT2D eigenvalue weighted by Crippen LogP contribution is -2.07. The van der Waals surface area contributed by atoms with Crippen molar-refractivity contribution in [2.45, 2.75) is 25.8 Å². The second-order valence-corrected chi connectivity index (χ2v) is 5.38. The SMILES string of the molecule is Cc1ccc2c(c1)C(Nc1cccc(Cl)c1)CC2. The summed E-state index contributed by atoms with van der Waals surface area (Å²) in [4.78, 5) is 0. The normalized spacial score (nSPS) is 17.6. The van der Waals surface area contributed by atoms with Crippen LogP contribution in [0.4, 0.5) is 5.69 Å². The highest BCUT2D eigenvalue weighted by atomic mass is 35.5. The predicted molar refractivity (Wildman–Crippen MR) is 77.3 cm³/mol. The first-order chi connectivity index (χ1) is 8.72. The fraction of sp³-hybridized carbons (Fsp3) is 0.250. The van der Waals surface area contributed by atoms with Crippen LogP contribution < -0.4 is 5.32 Å². The average molecular weight is 258 g/mol. The summed E-state index contributed by atoms with van der Waals surface area (Å²) in [6, 6.07) is 15.1. The maximum Gasteiger partial charge on any atom is 0.0519 e. The number of hydrogen-bond acceptors (Lipinski definition) is 1. The van der Waals surface area contributed by atoms with Crippen molar-refractivity contribution in [1.82, 2.24) is 0 Å². The summed E-state index contributed by atoms with van der Waals surface area (Å²) in [6.45, 7) is 2.15. The third-order valence-corrected chi connectivity index (χ3v) is 3.78. The van der Waals surface area contributed by atoms with Crippen molar-refractivity contribution in [3.8, 4) is 0 Å². The van der Waals surface area contributed by atoms with Crippen molar-refractivity contribution < 1.29 is 0 Å². The Balaban J connectivity index is 1.86. The average Bonchev–Trinajstić information content (AvgIpc) is 2.72. The van der Waals surface area contributed by atoms with Crippen LogP contribution in [0, 0.1) is 6.92 Å². The van der Waals surface area contributed by atoms with Crippen LogP contribution in [0.2, 0.25) is 5.02 Å². The molecule has 3 rings (SSSR count). The summed E-state index contributed by atoms with van der Waals surface area (Å²) in [5, 5.41) is 4.36. The molecule has 0 bridgehead atoms. The highest BCUT2D eigenvalue weighted by molar-refractivity contribution is 6.30. The molecule has 92 valence electrons. The molecule has 2 aromatic rings. The molecule has 1 nitrogen and oxygen atoms in total. The number of benzene rings is 2. The van der Waals surface area contributed by atoms with Crippen molar-refractivity contribution in [2.75, 3.05) is 5.32 Å². The molecule has 0 aliphatic heterocycles. The quantitative estimate of drug-likeness (QED) is 0.819. The first-order valence-electron chi connectivity index (χ1n) is 6.34. The fourth-order valence-electron chi connectivity index (χ4n) is 2.65. The van der Waals surface area contributed by atoms with E-state index in [4.69, 9.17) is 11.6 Å². The minimum absolute atomic E-state index is 0.415. The van der Waals surface area contributed by atoms with Gasteiger partial charge in [-0.25, -0.2) is 0 Å². The van der Waals surface area contributed by atoms with E-state index in [9.17, 15) is 0 Å². The van der Waals surface area contributed by atoms with E-state index < -0.39 is 0 Å². The van der Waals surface area contributed by atoms with Crippen LogP contribution in [0.1, 0.15) is 29.2 Å². The largest absolute Gasteiger partial charge is 0.378 e. The van der Waals surface area contributed by atoms with Gasteiger partial charge in [0.2, 0.25) is 0 Å². The summed E-state index contributed by atoms with van der Waals surface area (Å²) in [7, 11) is 0. The predicted octanol–water partition coefficient (Wildman–Crippen LogP) is 4.75. The topological polar surface area (TPSA) is 12.0 Å². The Morgan fingerprint density at radius 1 is 1.17 bits per heavy atom. The number of aryl methyl sites for hydroxylation is 2. The minimum Gasteiger partial charge on any atom is -0.378 e. The zero-order valence-corrected chi connectivity index (χ0v) is 11.2. The Morgan fingerprint density at radius 2 is 2.06 bits per heavy atom. The number of rotatable bonds is 2. The van der Waals surface area contributed by atoms with Gasteiger partial charge in [-0.15, -0.1) is 0 Å². The molecular weight excluding hydrogens is 242 g/mol. The Morgan fingerprint density at radius 3 is 2.89 bits per heavy atom. The first-order valence-corrected chi connectivity index (χ1v) is 6.72. The van der Waals surface area contributed by atoms with Gasteiger partial charge in [-0.05, 0) is 49.1 Å². The number of fused-ring (bicyclic) bond motifs is 1. The molecule has 1 aliphatic carbocycles. The Bertz CT molecular complexity index is 577. The van der Waals surface area contributed by atoms with Crippen molar-refractivity contribution >= 4 is 17.3 Å². The van der Waals surface area contributed by atoms with E-state index in [1.54, 1.807) is 0 Å².